The highest BCUT2D eigenvalue weighted by atomic mass is 35.5. The summed E-state index contributed by atoms with van der Waals surface area (Å²) in [7, 11) is 1.97. The summed E-state index contributed by atoms with van der Waals surface area (Å²) in [6, 6.07) is 2.50. The number of nitrogens with zero attached hydrogens (tertiary/aromatic N) is 3. The molecule has 0 radical (unpaired) electrons. The zero-order valence-corrected chi connectivity index (χ0v) is 13.4. The lowest BCUT2D eigenvalue weighted by Crippen LogP contribution is -2.11. The van der Waals surface area contributed by atoms with Crippen LogP contribution >= 0.6 is 11.6 Å². The molecule has 0 spiro atoms. The Morgan fingerprint density at radius 1 is 1.40 bits per heavy atom. The molecule has 110 valence electrons. The highest BCUT2D eigenvalue weighted by Gasteiger charge is 2.15. The molecule has 0 bridgehead atoms. The SMILES string of the molecule is CCc1nn(CC)c(Cn2ccc(C(C)NC)c2)c1Cl. The number of hydrogen-bond donors (Lipinski definition) is 1. The van der Waals surface area contributed by atoms with Crippen molar-refractivity contribution in [1.29, 1.82) is 0 Å². The van der Waals surface area contributed by atoms with Crippen molar-refractivity contribution in [3.8, 4) is 0 Å². The van der Waals surface area contributed by atoms with Gasteiger partial charge < -0.3 is 9.88 Å². The van der Waals surface area contributed by atoms with Gasteiger partial charge in [-0.05, 0) is 38.9 Å². The van der Waals surface area contributed by atoms with Crippen LogP contribution in [0.15, 0.2) is 18.5 Å². The van der Waals surface area contributed by atoms with Gasteiger partial charge in [-0.15, -0.1) is 0 Å². The zero-order chi connectivity index (χ0) is 14.7. The lowest BCUT2D eigenvalue weighted by molar-refractivity contribution is 0.593. The molecule has 5 heteroatoms. The van der Waals surface area contributed by atoms with Crippen LogP contribution in [0.3, 0.4) is 0 Å². The molecule has 0 saturated carbocycles. The summed E-state index contributed by atoms with van der Waals surface area (Å²) in [4.78, 5) is 0. The predicted molar refractivity (Wildman–Crippen MR) is 83.3 cm³/mol. The second kappa shape index (κ2) is 6.46. The van der Waals surface area contributed by atoms with Crippen LogP contribution in [0.2, 0.25) is 5.02 Å². The molecule has 0 aromatic carbocycles. The molecule has 1 atom stereocenters. The molecule has 0 aliphatic rings. The molecule has 2 heterocycles. The summed E-state index contributed by atoms with van der Waals surface area (Å²) in [5.41, 5.74) is 3.35. The van der Waals surface area contributed by atoms with Crippen molar-refractivity contribution >= 4 is 11.6 Å². The van der Waals surface area contributed by atoms with Crippen molar-refractivity contribution in [2.24, 2.45) is 0 Å². The van der Waals surface area contributed by atoms with E-state index in [1.807, 2.05) is 11.7 Å². The quantitative estimate of drug-likeness (QED) is 0.887. The topological polar surface area (TPSA) is 34.8 Å². The second-order valence-electron chi connectivity index (χ2n) is 5.00. The van der Waals surface area contributed by atoms with E-state index < -0.39 is 0 Å². The monoisotopic (exact) mass is 294 g/mol. The molecular formula is C15H23ClN4. The van der Waals surface area contributed by atoms with Crippen LogP contribution in [0.5, 0.6) is 0 Å². The fourth-order valence-electron chi connectivity index (χ4n) is 2.32. The standard InChI is InChI=1S/C15H23ClN4/c1-5-13-15(16)14(20(6-2)18-13)10-19-8-7-12(9-19)11(3)17-4/h7-9,11,17H,5-6,10H2,1-4H3. The Bertz CT molecular complexity index is 570. The molecule has 2 aromatic rings. The second-order valence-corrected chi connectivity index (χ2v) is 5.38. The first-order valence-electron chi connectivity index (χ1n) is 7.17. The van der Waals surface area contributed by atoms with E-state index in [0.717, 1.165) is 35.9 Å². The maximum atomic E-state index is 6.45. The van der Waals surface area contributed by atoms with Crippen molar-refractivity contribution in [3.05, 3.63) is 40.4 Å². The third kappa shape index (κ3) is 2.91. The van der Waals surface area contributed by atoms with Gasteiger partial charge in [0.2, 0.25) is 0 Å². The molecule has 0 amide bonds. The van der Waals surface area contributed by atoms with Gasteiger partial charge in [-0.3, -0.25) is 4.68 Å². The minimum Gasteiger partial charge on any atom is -0.348 e. The van der Waals surface area contributed by atoms with E-state index in [1.54, 1.807) is 0 Å². The minimum absolute atomic E-state index is 0.356. The molecule has 2 aromatic heterocycles. The lowest BCUT2D eigenvalue weighted by atomic mass is 10.2. The Labute approximate surface area is 125 Å². The average Bonchev–Trinajstić information content (AvgIpc) is 3.04. The van der Waals surface area contributed by atoms with Crippen LogP contribution in [-0.2, 0) is 19.5 Å². The smallest absolute Gasteiger partial charge is 0.0868 e. The van der Waals surface area contributed by atoms with Gasteiger partial charge in [0.15, 0.2) is 0 Å². The van der Waals surface area contributed by atoms with Gasteiger partial charge in [-0.25, -0.2) is 0 Å². The largest absolute Gasteiger partial charge is 0.348 e. The van der Waals surface area contributed by atoms with E-state index in [9.17, 15) is 0 Å². The van der Waals surface area contributed by atoms with Gasteiger partial charge in [-0.1, -0.05) is 18.5 Å². The van der Waals surface area contributed by atoms with E-state index in [-0.39, 0.29) is 0 Å². The van der Waals surface area contributed by atoms with Gasteiger partial charge in [-0.2, -0.15) is 5.10 Å². The van der Waals surface area contributed by atoms with E-state index in [1.165, 1.54) is 5.56 Å². The van der Waals surface area contributed by atoms with Crippen molar-refractivity contribution in [2.45, 2.75) is 46.3 Å². The van der Waals surface area contributed by atoms with Crippen LogP contribution in [0.1, 0.15) is 43.8 Å². The first-order valence-corrected chi connectivity index (χ1v) is 7.55. The summed E-state index contributed by atoms with van der Waals surface area (Å²) < 4.78 is 4.17. The number of aromatic nitrogens is 3. The first kappa shape index (κ1) is 15.1. The van der Waals surface area contributed by atoms with E-state index in [2.05, 4.69) is 54.2 Å². The molecular weight excluding hydrogens is 272 g/mol. The van der Waals surface area contributed by atoms with Gasteiger partial charge in [0.25, 0.3) is 0 Å². The molecule has 0 aliphatic carbocycles. The van der Waals surface area contributed by atoms with Crippen molar-refractivity contribution < 1.29 is 0 Å². The average molecular weight is 295 g/mol. The summed E-state index contributed by atoms with van der Waals surface area (Å²) >= 11 is 6.45. The Morgan fingerprint density at radius 3 is 2.75 bits per heavy atom. The molecule has 2 rings (SSSR count). The highest BCUT2D eigenvalue weighted by Crippen LogP contribution is 2.23. The van der Waals surface area contributed by atoms with Crippen molar-refractivity contribution in [3.63, 3.8) is 0 Å². The molecule has 20 heavy (non-hydrogen) atoms. The predicted octanol–water partition coefficient (Wildman–Crippen LogP) is 3.25. The normalized spacial score (nSPS) is 12.8. The number of halogens is 1. The maximum Gasteiger partial charge on any atom is 0.0868 e. The first-order chi connectivity index (χ1) is 9.60. The fraction of sp³-hybridized carbons (Fsp3) is 0.533. The van der Waals surface area contributed by atoms with Crippen LogP contribution in [-0.4, -0.2) is 21.4 Å². The summed E-state index contributed by atoms with van der Waals surface area (Å²) in [6.45, 7) is 7.93. The molecule has 1 N–H and O–H groups in total. The number of nitrogens with one attached hydrogen (secondary N) is 1. The molecule has 0 saturated heterocycles. The fourth-order valence-corrected chi connectivity index (χ4v) is 2.65. The van der Waals surface area contributed by atoms with Crippen molar-refractivity contribution in [1.82, 2.24) is 19.7 Å². The van der Waals surface area contributed by atoms with E-state index in [0.29, 0.717) is 6.04 Å². The van der Waals surface area contributed by atoms with Crippen LogP contribution in [0.25, 0.3) is 0 Å². The summed E-state index contributed by atoms with van der Waals surface area (Å²) in [5, 5.41) is 8.62. The zero-order valence-electron chi connectivity index (χ0n) is 12.7. The van der Waals surface area contributed by atoms with Gasteiger partial charge in [0.1, 0.15) is 0 Å². The number of hydrogen-bond acceptors (Lipinski definition) is 2. The number of aryl methyl sites for hydroxylation is 2. The minimum atomic E-state index is 0.356. The van der Waals surface area contributed by atoms with Gasteiger partial charge in [0, 0.05) is 25.0 Å². The Hall–Kier alpha value is -1.26. The van der Waals surface area contributed by atoms with Gasteiger partial charge >= 0.3 is 0 Å². The third-order valence-electron chi connectivity index (χ3n) is 3.73. The van der Waals surface area contributed by atoms with E-state index >= 15 is 0 Å². The lowest BCUT2D eigenvalue weighted by Gasteiger charge is -2.08. The third-order valence-corrected chi connectivity index (χ3v) is 4.17. The van der Waals surface area contributed by atoms with Crippen molar-refractivity contribution in [2.75, 3.05) is 7.05 Å². The molecule has 0 fully saturated rings. The van der Waals surface area contributed by atoms with Gasteiger partial charge in [0.05, 0.1) is 23.0 Å². The molecule has 4 nitrogen and oxygen atoms in total. The summed E-state index contributed by atoms with van der Waals surface area (Å²) in [6.07, 6.45) is 5.13. The van der Waals surface area contributed by atoms with E-state index in [4.69, 9.17) is 11.6 Å². The van der Waals surface area contributed by atoms with Crippen LogP contribution in [0.4, 0.5) is 0 Å². The molecule has 0 aliphatic heterocycles. The maximum absolute atomic E-state index is 6.45. The number of rotatable bonds is 6. The Morgan fingerprint density at radius 2 is 2.15 bits per heavy atom. The Kier molecular flexibility index (Phi) is 4.89. The van der Waals surface area contributed by atoms with Crippen LogP contribution in [0, 0.1) is 0 Å². The van der Waals surface area contributed by atoms with Crippen LogP contribution < -0.4 is 5.32 Å². The molecule has 1 unspecified atom stereocenters. The summed E-state index contributed by atoms with van der Waals surface area (Å²) in [5.74, 6) is 0. The Balaban J connectivity index is 2.25. The highest BCUT2D eigenvalue weighted by molar-refractivity contribution is 6.31.